The van der Waals surface area contributed by atoms with Crippen molar-refractivity contribution in [3.63, 3.8) is 0 Å². The number of hydrogen-bond donors (Lipinski definition) is 1. The van der Waals surface area contributed by atoms with Gasteiger partial charge >= 0.3 is 0 Å². The van der Waals surface area contributed by atoms with Gasteiger partial charge in [0, 0.05) is 7.11 Å². The van der Waals surface area contributed by atoms with Crippen molar-refractivity contribution < 1.29 is 9.13 Å². The van der Waals surface area contributed by atoms with E-state index in [4.69, 9.17) is 10.5 Å². The molecule has 0 radical (unpaired) electrons. The summed E-state index contributed by atoms with van der Waals surface area (Å²) in [5, 5.41) is 0. The van der Waals surface area contributed by atoms with Crippen molar-refractivity contribution in [3.8, 4) is 0 Å². The normalized spacial score (nSPS) is 14.5. The first kappa shape index (κ1) is 14.1. The van der Waals surface area contributed by atoms with Crippen LogP contribution in [0.5, 0.6) is 0 Å². The van der Waals surface area contributed by atoms with Crippen molar-refractivity contribution >= 4 is 0 Å². The summed E-state index contributed by atoms with van der Waals surface area (Å²) in [6.07, 6.45) is 2.41. The van der Waals surface area contributed by atoms with Crippen molar-refractivity contribution in [2.75, 3.05) is 20.3 Å². The minimum Gasteiger partial charge on any atom is -0.381 e. The predicted molar refractivity (Wildman–Crippen MR) is 68.8 cm³/mol. The third-order valence-corrected chi connectivity index (χ3v) is 2.94. The van der Waals surface area contributed by atoms with Gasteiger partial charge in [-0.3, -0.25) is 0 Å². The Hall–Kier alpha value is -0.930. The van der Waals surface area contributed by atoms with Crippen LogP contribution >= 0.6 is 0 Å². The molecule has 2 N–H and O–H groups in total. The second kappa shape index (κ2) is 7.41. The van der Waals surface area contributed by atoms with E-state index in [1.807, 2.05) is 30.3 Å². The minimum absolute atomic E-state index is 0.153. The molecule has 0 amide bonds. The van der Waals surface area contributed by atoms with Crippen molar-refractivity contribution in [2.45, 2.75) is 31.4 Å². The summed E-state index contributed by atoms with van der Waals surface area (Å²) in [6, 6.07) is 9.97. The van der Waals surface area contributed by atoms with Gasteiger partial charge in [0.05, 0.1) is 6.61 Å². The molecule has 0 fully saturated rings. The van der Waals surface area contributed by atoms with Gasteiger partial charge in [0.1, 0.15) is 5.67 Å². The van der Waals surface area contributed by atoms with E-state index < -0.39 is 5.67 Å². The van der Waals surface area contributed by atoms with Gasteiger partial charge in [0.25, 0.3) is 0 Å². The van der Waals surface area contributed by atoms with Gasteiger partial charge in [-0.05, 0) is 37.8 Å². The van der Waals surface area contributed by atoms with E-state index in [-0.39, 0.29) is 6.61 Å². The highest BCUT2D eigenvalue weighted by Gasteiger charge is 2.28. The van der Waals surface area contributed by atoms with E-state index in [2.05, 4.69) is 0 Å². The molecule has 0 heterocycles. The van der Waals surface area contributed by atoms with Crippen LogP contribution < -0.4 is 5.73 Å². The first-order valence-corrected chi connectivity index (χ1v) is 6.12. The number of rotatable bonds is 8. The summed E-state index contributed by atoms with van der Waals surface area (Å²) in [4.78, 5) is 0. The van der Waals surface area contributed by atoms with Gasteiger partial charge in [0.2, 0.25) is 0 Å². The number of ether oxygens (including phenoxy) is 1. The van der Waals surface area contributed by atoms with Crippen LogP contribution in [-0.2, 0) is 11.2 Å². The van der Waals surface area contributed by atoms with Crippen molar-refractivity contribution in [1.82, 2.24) is 0 Å². The molecule has 0 saturated heterocycles. The number of hydrogen-bond acceptors (Lipinski definition) is 2. The Morgan fingerprint density at radius 1 is 1.24 bits per heavy atom. The number of alkyl halides is 1. The van der Waals surface area contributed by atoms with Crippen LogP contribution in [0.2, 0.25) is 0 Å². The van der Waals surface area contributed by atoms with E-state index in [0.717, 1.165) is 6.42 Å². The van der Waals surface area contributed by atoms with Crippen LogP contribution in [0.25, 0.3) is 0 Å². The second-order valence-electron chi connectivity index (χ2n) is 4.46. The molecule has 0 aliphatic heterocycles. The van der Waals surface area contributed by atoms with Crippen LogP contribution in [0.4, 0.5) is 4.39 Å². The van der Waals surface area contributed by atoms with Gasteiger partial charge in [0.15, 0.2) is 0 Å². The average molecular weight is 239 g/mol. The van der Waals surface area contributed by atoms with E-state index in [9.17, 15) is 4.39 Å². The lowest BCUT2D eigenvalue weighted by atomic mass is 9.92. The minimum atomic E-state index is -1.25. The molecule has 1 aromatic rings. The average Bonchev–Trinajstić information content (AvgIpc) is 2.36. The van der Waals surface area contributed by atoms with E-state index >= 15 is 0 Å². The summed E-state index contributed by atoms with van der Waals surface area (Å²) >= 11 is 0. The predicted octanol–water partition coefficient (Wildman–Crippen LogP) is 2.71. The topological polar surface area (TPSA) is 35.2 Å². The van der Waals surface area contributed by atoms with Gasteiger partial charge in [-0.2, -0.15) is 0 Å². The number of nitrogens with two attached hydrogens (primary N) is 1. The van der Waals surface area contributed by atoms with Crippen molar-refractivity contribution in [1.29, 1.82) is 0 Å². The first-order chi connectivity index (χ1) is 8.20. The van der Waals surface area contributed by atoms with Crippen molar-refractivity contribution in [2.24, 2.45) is 5.73 Å². The summed E-state index contributed by atoms with van der Waals surface area (Å²) in [6.45, 7) is 0.681. The zero-order chi connectivity index (χ0) is 12.6. The molecule has 0 aromatic heterocycles. The lowest BCUT2D eigenvalue weighted by Gasteiger charge is -2.24. The highest BCUT2D eigenvalue weighted by molar-refractivity contribution is 5.15. The summed E-state index contributed by atoms with van der Waals surface area (Å²) < 4.78 is 19.5. The summed E-state index contributed by atoms with van der Waals surface area (Å²) in [5.74, 6) is 0. The Morgan fingerprint density at radius 2 is 1.94 bits per heavy atom. The number of aryl methyl sites for hydroxylation is 1. The standard InChI is InChI=1S/C14H22FNO/c1-17-12-14(15,9-5-11-16)10-8-13-6-3-2-4-7-13/h2-4,6-7H,5,8-12,16H2,1H3. The molecule has 1 rings (SSSR count). The van der Waals surface area contributed by atoms with Crippen LogP contribution in [0.1, 0.15) is 24.8 Å². The number of benzene rings is 1. The first-order valence-electron chi connectivity index (χ1n) is 6.12. The quantitative estimate of drug-likeness (QED) is 0.757. The highest BCUT2D eigenvalue weighted by Crippen LogP contribution is 2.25. The molecule has 17 heavy (non-hydrogen) atoms. The van der Waals surface area contributed by atoms with Gasteiger partial charge in [-0.25, -0.2) is 4.39 Å². The molecule has 0 bridgehead atoms. The molecule has 3 heteroatoms. The fourth-order valence-corrected chi connectivity index (χ4v) is 1.96. The largest absolute Gasteiger partial charge is 0.381 e. The fourth-order valence-electron chi connectivity index (χ4n) is 1.96. The Bertz CT molecular complexity index is 304. The van der Waals surface area contributed by atoms with E-state index in [1.54, 1.807) is 7.11 Å². The lowest BCUT2D eigenvalue weighted by molar-refractivity contribution is 0.0269. The Balaban J connectivity index is 2.48. The molecule has 0 spiro atoms. The molecular weight excluding hydrogens is 217 g/mol. The maximum absolute atomic E-state index is 14.5. The molecular formula is C14H22FNO. The van der Waals surface area contributed by atoms with Crippen molar-refractivity contribution in [3.05, 3.63) is 35.9 Å². The Morgan fingerprint density at radius 3 is 2.53 bits per heavy atom. The van der Waals surface area contributed by atoms with E-state index in [1.165, 1.54) is 5.56 Å². The maximum Gasteiger partial charge on any atom is 0.134 e. The smallest absolute Gasteiger partial charge is 0.134 e. The number of methoxy groups -OCH3 is 1. The number of halogens is 1. The monoisotopic (exact) mass is 239 g/mol. The van der Waals surface area contributed by atoms with Gasteiger partial charge in [-0.1, -0.05) is 30.3 Å². The highest BCUT2D eigenvalue weighted by atomic mass is 19.1. The zero-order valence-electron chi connectivity index (χ0n) is 10.5. The Kier molecular flexibility index (Phi) is 6.16. The zero-order valence-corrected chi connectivity index (χ0v) is 10.5. The fraction of sp³-hybridized carbons (Fsp3) is 0.571. The lowest BCUT2D eigenvalue weighted by Crippen LogP contribution is -2.30. The van der Waals surface area contributed by atoms with Crippen LogP contribution in [-0.4, -0.2) is 25.9 Å². The third-order valence-electron chi connectivity index (χ3n) is 2.94. The summed E-state index contributed by atoms with van der Waals surface area (Å²) in [5.41, 5.74) is 5.35. The molecule has 1 unspecified atom stereocenters. The SMILES string of the molecule is COCC(F)(CCCN)CCc1ccccc1. The molecule has 1 aromatic carbocycles. The van der Waals surface area contributed by atoms with Gasteiger partial charge in [-0.15, -0.1) is 0 Å². The second-order valence-corrected chi connectivity index (χ2v) is 4.46. The maximum atomic E-state index is 14.5. The van der Waals surface area contributed by atoms with Crippen LogP contribution in [0.3, 0.4) is 0 Å². The van der Waals surface area contributed by atoms with Crippen LogP contribution in [0, 0.1) is 0 Å². The third kappa shape index (κ3) is 5.29. The molecule has 0 aliphatic carbocycles. The van der Waals surface area contributed by atoms with Gasteiger partial charge < -0.3 is 10.5 Å². The molecule has 0 aliphatic rings. The molecule has 1 atom stereocenters. The van der Waals surface area contributed by atoms with Crippen LogP contribution in [0.15, 0.2) is 30.3 Å². The summed E-state index contributed by atoms with van der Waals surface area (Å²) in [7, 11) is 1.54. The van der Waals surface area contributed by atoms with E-state index in [0.29, 0.717) is 25.8 Å². The molecule has 2 nitrogen and oxygen atoms in total. The molecule has 0 saturated carbocycles. The Labute approximate surface area is 103 Å². The molecule has 96 valence electrons.